The predicted octanol–water partition coefficient (Wildman–Crippen LogP) is 3.53. The Hall–Kier alpha value is -2.17. The maximum absolute atomic E-state index is 4.51. The van der Waals surface area contributed by atoms with Crippen molar-refractivity contribution in [1.82, 2.24) is 15.2 Å². The van der Waals surface area contributed by atoms with Crippen molar-refractivity contribution in [3.05, 3.63) is 36.0 Å². The highest BCUT2D eigenvalue weighted by atomic mass is 15.3. The molecule has 0 unspecified atom stereocenters. The molecule has 0 atom stereocenters. The summed E-state index contributed by atoms with van der Waals surface area (Å²) in [5, 5.41) is 14.8. The molecule has 1 aromatic heterocycles. The molecular weight excluding hydrogens is 262 g/mol. The van der Waals surface area contributed by atoms with Crippen LogP contribution < -0.4 is 10.6 Å². The second-order valence-electron chi connectivity index (χ2n) is 5.43. The van der Waals surface area contributed by atoms with E-state index >= 15 is 0 Å². The number of nitrogens with one attached hydrogen (secondary N) is 2. The quantitative estimate of drug-likeness (QED) is 0.879. The molecule has 21 heavy (non-hydrogen) atoms. The molecule has 1 aromatic carbocycles. The van der Waals surface area contributed by atoms with Gasteiger partial charge in [-0.2, -0.15) is 10.1 Å². The Labute approximate surface area is 125 Å². The van der Waals surface area contributed by atoms with Gasteiger partial charge in [0.05, 0.1) is 6.20 Å². The first-order valence-corrected chi connectivity index (χ1v) is 7.66. The molecule has 2 aromatic rings. The average Bonchev–Trinajstić information content (AvgIpc) is 3.01. The summed E-state index contributed by atoms with van der Waals surface area (Å²) in [7, 11) is 0. The van der Waals surface area contributed by atoms with E-state index in [1.807, 2.05) is 18.2 Å². The highest BCUT2D eigenvalue weighted by molar-refractivity contribution is 5.58. The van der Waals surface area contributed by atoms with Gasteiger partial charge in [0.2, 0.25) is 5.95 Å². The van der Waals surface area contributed by atoms with E-state index < -0.39 is 0 Å². The van der Waals surface area contributed by atoms with Crippen molar-refractivity contribution in [3.8, 4) is 0 Å². The molecule has 5 heteroatoms. The van der Waals surface area contributed by atoms with Gasteiger partial charge in [-0.3, -0.25) is 0 Å². The summed E-state index contributed by atoms with van der Waals surface area (Å²) < 4.78 is 0. The Kier molecular flexibility index (Phi) is 4.28. The first-order chi connectivity index (χ1) is 10.3. The van der Waals surface area contributed by atoms with Crippen LogP contribution in [0.4, 0.5) is 17.5 Å². The number of hydrogen-bond acceptors (Lipinski definition) is 5. The first-order valence-electron chi connectivity index (χ1n) is 7.66. The molecule has 1 aliphatic rings. The highest BCUT2D eigenvalue weighted by Gasteiger charge is 2.15. The number of nitrogens with zero attached hydrogens (tertiary/aromatic N) is 3. The zero-order valence-corrected chi connectivity index (χ0v) is 12.3. The zero-order valence-electron chi connectivity index (χ0n) is 12.3. The number of hydrogen-bond donors (Lipinski definition) is 2. The lowest BCUT2D eigenvalue weighted by Gasteiger charge is -2.13. The number of benzene rings is 1. The Bertz CT molecular complexity index is 593. The normalized spacial score (nSPS) is 15.1. The van der Waals surface area contributed by atoms with Crippen LogP contribution in [-0.2, 0) is 6.42 Å². The van der Waals surface area contributed by atoms with Crippen LogP contribution in [0.3, 0.4) is 0 Å². The van der Waals surface area contributed by atoms with Gasteiger partial charge < -0.3 is 10.6 Å². The molecule has 0 aliphatic heterocycles. The zero-order chi connectivity index (χ0) is 14.5. The van der Waals surface area contributed by atoms with E-state index in [0.717, 1.165) is 17.9 Å². The van der Waals surface area contributed by atoms with Crippen molar-refractivity contribution in [1.29, 1.82) is 0 Å². The molecule has 1 aliphatic carbocycles. The molecule has 0 spiro atoms. The largest absolute Gasteiger partial charge is 0.366 e. The Morgan fingerprint density at radius 1 is 1.19 bits per heavy atom. The lowest BCUT2D eigenvalue weighted by Crippen LogP contribution is -2.16. The summed E-state index contributed by atoms with van der Waals surface area (Å²) in [6, 6.07) is 8.73. The van der Waals surface area contributed by atoms with Crippen LogP contribution in [0.25, 0.3) is 0 Å². The van der Waals surface area contributed by atoms with E-state index in [0.29, 0.717) is 12.0 Å². The maximum Gasteiger partial charge on any atom is 0.249 e. The third kappa shape index (κ3) is 3.48. The van der Waals surface area contributed by atoms with Crippen molar-refractivity contribution in [2.45, 2.75) is 45.1 Å². The summed E-state index contributed by atoms with van der Waals surface area (Å²) in [5.41, 5.74) is 2.29. The SMILES string of the molecule is CCc1ccccc1Nc1nncc(NC2CCCC2)n1. The maximum atomic E-state index is 4.51. The second kappa shape index (κ2) is 6.52. The number of rotatable bonds is 5. The molecule has 0 radical (unpaired) electrons. The molecule has 5 nitrogen and oxygen atoms in total. The van der Waals surface area contributed by atoms with Crippen molar-refractivity contribution in [3.63, 3.8) is 0 Å². The number of aromatic nitrogens is 3. The van der Waals surface area contributed by atoms with Gasteiger partial charge in [-0.25, -0.2) is 0 Å². The van der Waals surface area contributed by atoms with Crippen LogP contribution in [0.15, 0.2) is 30.5 Å². The third-order valence-corrected chi connectivity index (χ3v) is 3.91. The van der Waals surface area contributed by atoms with Crippen molar-refractivity contribution in [2.24, 2.45) is 0 Å². The van der Waals surface area contributed by atoms with E-state index in [2.05, 4.69) is 38.8 Å². The second-order valence-corrected chi connectivity index (χ2v) is 5.43. The number of anilines is 3. The van der Waals surface area contributed by atoms with Crippen molar-refractivity contribution in [2.75, 3.05) is 10.6 Å². The summed E-state index contributed by atoms with van der Waals surface area (Å²) in [6.07, 6.45) is 7.68. The fourth-order valence-electron chi connectivity index (χ4n) is 2.78. The molecule has 1 fully saturated rings. The minimum atomic E-state index is 0.525. The van der Waals surface area contributed by atoms with Crippen molar-refractivity contribution < 1.29 is 0 Å². The topological polar surface area (TPSA) is 62.7 Å². The lowest BCUT2D eigenvalue weighted by molar-refractivity contribution is 0.747. The summed E-state index contributed by atoms with van der Waals surface area (Å²) in [4.78, 5) is 4.51. The van der Waals surface area contributed by atoms with Crippen LogP contribution >= 0.6 is 0 Å². The fraction of sp³-hybridized carbons (Fsp3) is 0.438. The van der Waals surface area contributed by atoms with Gasteiger partial charge in [0.1, 0.15) is 0 Å². The van der Waals surface area contributed by atoms with Gasteiger partial charge in [0.15, 0.2) is 5.82 Å². The minimum Gasteiger partial charge on any atom is -0.366 e. The third-order valence-electron chi connectivity index (χ3n) is 3.91. The standard InChI is InChI=1S/C16H21N5/c1-2-12-7-3-6-10-14(12)19-16-20-15(11-17-21-16)18-13-8-4-5-9-13/h3,6-7,10-11,13H,2,4-5,8-9H2,1H3,(H2,18,19,20,21). The average molecular weight is 283 g/mol. The molecule has 0 saturated heterocycles. The van der Waals surface area contributed by atoms with Gasteiger partial charge in [-0.15, -0.1) is 5.10 Å². The number of aryl methyl sites for hydroxylation is 1. The van der Waals surface area contributed by atoms with Gasteiger partial charge in [0.25, 0.3) is 0 Å². The Morgan fingerprint density at radius 2 is 2.00 bits per heavy atom. The van der Waals surface area contributed by atoms with E-state index in [1.165, 1.54) is 31.2 Å². The molecule has 1 saturated carbocycles. The van der Waals surface area contributed by atoms with E-state index in [9.17, 15) is 0 Å². The molecule has 3 rings (SSSR count). The van der Waals surface area contributed by atoms with Gasteiger partial charge in [0, 0.05) is 11.7 Å². The van der Waals surface area contributed by atoms with Gasteiger partial charge in [-0.05, 0) is 30.9 Å². The monoisotopic (exact) mass is 283 g/mol. The molecule has 0 bridgehead atoms. The van der Waals surface area contributed by atoms with Crippen LogP contribution in [-0.4, -0.2) is 21.2 Å². The van der Waals surface area contributed by atoms with E-state index in [4.69, 9.17) is 0 Å². The molecule has 1 heterocycles. The Morgan fingerprint density at radius 3 is 2.81 bits per heavy atom. The fourth-order valence-corrected chi connectivity index (χ4v) is 2.78. The molecule has 110 valence electrons. The minimum absolute atomic E-state index is 0.525. The van der Waals surface area contributed by atoms with E-state index in [-0.39, 0.29) is 0 Å². The summed E-state index contributed by atoms with van der Waals surface area (Å²) in [6.45, 7) is 2.14. The van der Waals surface area contributed by atoms with Crippen LogP contribution in [0.2, 0.25) is 0 Å². The summed E-state index contributed by atoms with van der Waals surface area (Å²) >= 11 is 0. The molecule has 2 N–H and O–H groups in total. The Balaban J connectivity index is 1.73. The van der Waals surface area contributed by atoms with Crippen LogP contribution in [0.1, 0.15) is 38.2 Å². The molecular formula is C16H21N5. The molecule has 0 amide bonds. The predicted molar refractivity (Wildman–Crippen MR) is 84.8 cm³/mol. The number of para-hydroxylation sites is 1. The van der Waals surface area contributed by atoms with Crippen LogP contribution in [0, 0.1) is 0 Å². The first kappa shape index (κ1) is 13.8. The smallest absolute Gasteiger partial charge is 0.249 e. The summed E-state index contributed by atoms with van der Waals surface area (Å²) in [5.74, 6) is 1.34. The highest BCUT2D eigenvalue weighted by Crippen LogP contribution is 2.22. The van der Waals surface area contributed by atoms with Crippen molar-refractivity contribution >= 4 is 17.5 Å². The van der Waals surface area contributed by atoms with E-state index in [1.54, 1.807) is 6.20 Å². The van der Waals surface area contributed by atoms with Crippen LogP contribution in [0.5, 0.6) is 0 Å². The van der Waals surface area contributed by atoms with Gasteiger partial charge >= 0.3 is 0 Å². The van der Waals surface area contributed by atoms with Gasteiger partial charge in [-0.1, -0.05) is 38.0 Å². The lowest BCUT2D eigenvalue weighted by atomic mass is 10.1.